The summed E-state index contributed by atoms with van der Waals surface area (Å²) in [5.74, 6) is 3.56. The number of esters is 1. The fourth-order valence-corrected chi connectivity index (χ4v) is 6.24. The molecular weight excluding hydrogens is 370 g/mol. The third kappa shape index (κ3) is 3.69. The monoisotopic (exact) mass is 399 g/mol. The highest BCUT2D eigenvalue weighted by molar-refractivity contribution is 5.82. The molecule has 1 aromatic carbocycles. The Labute approximate surface area is 171 Å². The standard InChI is InChI=1S/C23H29NO5/c1-13(16-2-3-19-20(11-16)28-5-4-27-19)24-21(25)12-29-23(26)22-17-7-14-6-15(9-17)10-18(22)8-14/h2-3,11,13-15,17-18,22H,4-10,12H2,1H3,(H,24,25)/t13-,14?,15?,17?,18?,22?/m1/s1. The van der Waals surface area contributed by atoms with Gasteiger partial charge in [-0.2, -0.15) is 0 Å². The van der Waals surface area contributed by atoms with Crippen LogP contribution in [0.2, 0.25) is 0 Å². The van der Waals surface area contributed by atoms with Crippen molar-refractivity contribution in [1.29, 1.82) is 0 Å². The number of ether oxygens (including phenoxy) is 3. The van der Waals surface area contributed by atoms with E-state index >= 15 is 0 Å². The Morgan fingerprint density at radius 3 is 2.38 bits per heavy atom. The van der Waals surface area contributed by atoms with E-state index in [1.54, 1.807) is 0 Å². The number of carbonyl (C=O) groups excluding carboxylic acids is 2. The highest BCUT2D eigenvalue weighted by Crippen LogP contribution is 2.56. The molecule has 1 aromatic rings. The second kappa shape index (κ2) is 7.54. The zero-order valence-electron chi connectivity index (χ0n) is 16.9. The summed E-state index contributed by atoms with van der Waals surface area (Å²) in [5, 5.41) is 2.91. The van der Waals surface area contributed by atoms with E-state index < -0.39 is 0 Å². The molecule has 4 saturated carbocycles. The summed E-state index contributed by atoms with van der Waals surface area (Å²) in [6.45, 7) is 2.77. The molecule has 156 valence electrons. The first-order valence-corrected chi connectivity index (χ1v) is 10.9. The summed E-state index contributed by atoms with van der Waals surface area (Å²) in [6, 6.07) is 5.45. The van der Waals surface area contributed by atoms with Gasteiger partial charge in [-0.15, -0.1) is 0 Å². The average Bonchev–Trinajstić information content (AvgIpc) is 2.71. The van der Waals surface area contributed by atoms with Gasteiger partial charge in [0.1, 0.15) is 13.2 Å². The highest BCUT2D eigenvalue weighted by atomic mass is 16.6. The van der Waals surface area contributed by atoms with Crippen LogP contribution in [0.25, 0.3) is 0 Å². The molecule has 4 bridgehead atoms. The number of hydrogen-bond acceptors (Lipinski definition) is 5. The summed E-state index contributed by atoms with van der Waals surface area (Å²) in [6.07, 6.45) is 6.02. The summed E-state index contributed by atoms with van der Waals surface area (Å²) in [4.78, 5) is 25.1. The lowest BCUT2D eigenvalue weighted by atomic mass is 9.52. The molecule has 4 fully saturated rings. The number of nitrogens with one attached hydrogen (secondary N) is 1. The third-order valence-electron chi connectivity index (χ3n) is 7.29. The molecular formula is C23H29NO5. The van der Waals surface area contributed by atoms with Crippen molar-refractivity contribution in [3.05, 3.63) is 23.8 Å². The molecule has 4 aliphatic carbocycles. The molecule has 6 heteroatoms. The molecule has 0 unspecified atom stereocenters. The van der Waals surface area contributed by atoms with Gasteiger partial charge in [0.15, 0.2) is 18.1 Å². The van der Waals surface area contributed by atoms with E-state index in [2.05, 4.69) is 5.32 Å². The van der Waals surface area contributed by atoms with Gasteiger partial charge in [-0.3, -0.25) is 9.59 Å². The fourth-order valence-electron chi connectivity index (χ4n) is 6.24. The maximum absolute atomic E-state index is 12.7. The topological polar surface area (TPSA) is 73.9 Å². The van der Waals surface area contributed by atoms with Gasteiger partial charge in [-0.1, -0.05) is 6.07 Å². The summed E-state index contributed by atoms with van der Waals surface area (Å²) in [5.41, 5.74) is 0.926. The molecule has 1 aliphatic heterocycles. The van der Waals surface area contributed by atoms with Gasteiger partial charge in [-0.25, -0.2) is 0 Å². The van der Waals surface area contributed by atoms with Gasteiger partial charge in [0.25, 0.3) is 5.91 Å². The van der Waals surface area contributed by atoms with Gasteiger partial charge in [0, 0.05) is 0 Å². The van der Waals surface area contributed by atoms with Gasteiger partial charge in [0.2, 0.25) is 0 Å². The van der Waals surface area contributed by atoms with Crippen LogP contribution in [0, 0.1) is 29.6 Å². The summed E-state index contributed by atoms with van der Waals surface area (Å²) < 4.78 is 16.6. The van der Waals surface area contributed by atoms with Crippen molar-refractivity contribution < 1.29 is 23.8 Å². The van der Waals surface area contributed by atoms with Crippen molar-refractivity contribution in [3.8, 4) is 11.5 Å². The SMILES string of the molecule is C[C@@H](NC(=O)COC(=O)C1C2CC3CC(C2)CC1C3)c1ccc2c(c1)OCCO2. The van der Waals surface area contributed by atoms with Gasteiger partial charge >= 0.3 is 5.97 Å². The van der Waals surface area contributed by atoms with E-state index in [9.17, 15) is 9.59 Å². The molecule has 0 spiro atoms. The summed E-state index contributed by atoms with van der Waals surface area (Å²) in [7, 11) is 0. The zero-order valence-corrected chi connectivity index (χ0v) is 16.9. The molecule has 0 aromatic heterocycles. The Bertz CT molecular complexity index is 778. The van der Waals surface area contributed by atoms with E-state index in [1.807, 2.05) is 25.1 Å². The molecule has 1 atom stereocenters. The van der Waals surface area contributed by atoms with Crippen LogP contribution < -0.4 is 14.8 Å². The Balaban J connectivity index is 1.14. The quantitative estimate of drug-likeness (QED) is 0.770. The lowest BCUT2D eigenvalue weighted by Crippen LogP contribution is -2.48. The van der Waals surface area contributed by atoms with Crippen molar-refractivity contribution in [2.75, 3.05) is 19.8 Å². The molecule has 1 amide bonds. The minimum atomic E-state index is -0.274. The number of benzene rings is 1. The molecule has 6 rings (SSSR count). The Hall–Kier alpha value is -2.24. The van der Waals surface area contributed by atoms with Crippen LogP contribution in [0.4, 0.5) is 0 Å². The second-order valence-electron chi connectivity index (χ2n) is 9.26. The summed E-state index contributed by atoms with van der Waals surface area (Å²) >= 11 is 0. The van der Waals surface area contributed by atoms with E-state index in [4.69, 9.17) is 14.2 Å². The van der Waals surface area contributed by atoms with E-state index in [-0.39, 0.29) is 30.4 Å². The normalized spacial score (nSPS) is 32.5. The second-order valence-corrected chi connectivity index (χ2v) is 9.26. The number of fused-ring (bicyclic) bond motifs is 1. The molecule has 1 heterocycles. The number of carbonyl (C=O) groups is 2. The van der Waals surface area contributed by atoms with Crippen LogP contribution in [0.15, 0.2) is 18.2 Å². The predicted molar refractivity (Wildman–Crippen MR) is 105 cm³/mol. The first kappa shape index (κ1) is 18.8. The molecule has 1 N–H and O–H groups in total. The molecule has 5 aliphatic rings. The molecule has 0 radical (unpaired) electrons. The van der Waals surface area contributed by atoms with Gasteiger partial charge < -0.3 is 19.5 Å². The van der Waals surface area contributed by atoms with Gasteiger partial charge in [0.05, 0.1) is 12.0 Å². The Morgan fingerprint density at radius 2 is 1.69 bits per heavy atom. The number of amides is 1. The van der Waals surface area contributed by atoms with Gasteiger partial charge in [-0.05, 0) is 80.4 Å². The third-order valence-corrected chi connectivity index (χ3v) is 7.29. The first-order chi connectivity index (χ1) is 14.1. The maximum atomic E-state index is 12.7. The van der Waals surface area contributed by atoms with Crippen LogP contribution in [0.5, 0.6) is 11.5 Å². The van der Waals surface area contributed by atoms with Crippen molar-refractivity contribution in [1.82, 2.24) is 5.32 Å². The minimum Gasteiger partial charge on any atom is -0.486 e. The van der Waals surface area contributed by atoms with Crippen molar-refractivity contribution in [2.24, 2.45) is 29.6 Å². The molecule has 29 heavy (non-hydrogen) atoms. The largest absolute Gasteiger partial charge is 0.486 e. The number of hydrogen-bond donors (Lipinski definition) is 1. The van der Waals surface area contributed by atoms with E-state index in [0.29, 0.717) is 30.8 Å². The lowest BCUT2D eigenvalue weighted by Gasteiger charge is -2.53. The lowest BCUT2D eigenvalue weighted by molar-refractivity contribution is -0.164. The minimum absolute atomic E-state index is 0.00539. The van der Waals surface area contributed by atoms with Crippen LogP contribution in [0.1, 0.15) is 50.6 Å². The fraction of sp³-hybridized carbons (Fsp3) is 0.652. The highest BCUT2D eigenvalue weighted by Gasteiger charge is 2.51. The number of rotatable bonds is 5. The van der Waals surface area contributed by atoms with Crippen LogP contribution in [-0.4, -0.2) is 31.7 Å². The van der Waals surface area contributed by atoms with Crippen molar-refractivity contribution >= 4 is 11.9 Å². The van der Waals surface area contributed by atoms with Crippen LogP contribution >= 0.6 is 0 Å². The van der Waals surface area contributed by atoms with Crippen molar-refractivity contribution in [3.63, 3.8) is 0 Å². The Kier molecular flexibility index (Phi) is 4.88. The maximum Gasteiger partial charge on any atom is 0.310 e. The predicted octanol–water partition coefficient (Wildman–Crippen LogP) is 3.25. The first-order valence-electron chi connectivity index (χ1n) is 10.9. The average molecular weight is 399 g/mol. The smallest absolute Gasteiger partial charge is 0.310 e. The zero-order chi connectivity index (χ0) is 20.0. The molecule has 6 nitrogen and oxygen atoms in total. The Morgan fingerprint density at radius 1 is 1.03 bits per heavy atom. The van der Waals surface area contributed by atoms with Crippen LogP contribution in [0.3, 0.4) is 0 Å². The van der Waals surface area contributed by atoms with E-state index in [1.165, 1.54) is 32.1 Å². The van der Waals surface area contributed by atoms with Crippen LogP contribution in [-0.2, 0) is 14.3 Å². The van der Waals surface area contributed by atoms with Crippen molar-refractivity contribution in [2.45, 2.75) is 45.1 Å². The molecule has 0 saturated heterocycles. The van der Waals surface area contributed by atoms with E-state index in [0.717, 1.165) is 23.1 Å².